The number of benzene rings is 1. The van der Waals surface area contributed by atoms with Crippen LogP contribution in [-0.2, 0) is 0 Å². The third kappa shape index (κ3) is 4.06. The average molecular weight is 272 g/mol. The van der Waals surface area contributed by atoms with Gasteiger partial charge in [-0.25, -0.2) is 0 Å². The summed E-state index contributed by atoms with van der Waals surface area (Å²) in [7, 11) is 1.39. The molecule has 0 aromatic heterocycles. The second kappa shape index (κ2) is 6.19. The number of aliphatic hydroxyl groups is 1. The second-order valence-electron chi connectivity index (χ2n) is 4.83. The van der Waals surface area contributed by atoms with E-state index in [0.717, 1.165) is 12.3 Å². The van der Waals surface area contributed by atoms with Crippen LogP contribution in [0.2, 0.25) is 0 Å². The fourth-order valence-electron chi connectivity index (χ4n) is 2.06. The summed E-state index contributed by atoms with van der Waals surface area (Å²) in [6.07, 6.45) is 3.43. The Balaban J connectivity index is 2.06. The minimum atomic E-state index is -2.91. The van der Waals surface area contributed by atoms with E-state index in [-0.39, 0.29) is 11.5 Å². The Morgan fingerprint density at radius 3 is 2.63 bits per heavy atom. The third-order valence-electron chi connectivity index (χ3n) is 3.33. The van der Waals surface area contributed by atoms with Gasteiger partial charge in [0.2, 0.25) is 0 Å². The van der Waals surface area contributed by atoms with Crippen LogP contribution in [0.5, 0.6) is 11.5 Å². The summed E-state index contributed by atoms with van der Waals surface area (Å²) in [4.78, 5) is 0. The van der Waals surface area contributed by atoms with Gasteiger partial charge in [0.25, 0.3) is 0 Å². The Morgan fingerprint density at radius 2 is 2.05 bits per heavy atom. The maximum Gasteiger partial charge on any atom is 0.387 e. The molecule has 1 aliphatic rings. The number of hydrogen-bond acceptors (Lipinski definition) is 3. The van der Waals surface area contributed by atoms with Crippen LogP contribution in [0, 0.1) is 5.92 Å². The van der Waals surface area contributed by atoms with Crippen molar-refractivity contribution in [1.82, 2.24) is 0 Å². The molecule has 1 aromatic rings. The van der Waals surface area contributed by atoms with Crippen LogP contribution in [0.4, 0.5) is 8.78 Å². The summed E-state index contributed by atoms with van der Waals surface area (Å²) in [5.41, 5.74) is 0.581. The highest BCUT2D eigenvalue weighted by Crippen LogP contribution is 2.37. The zero-order valence-corrected chi connectivity index (χ0v) is 10.8. The van der Waals surface area contributed by atoms with Crippen LogP contribution in [0.1, 0.15) is 37.4 Å². The highest BCUT2D eigenvalue weighted by molar-refractivity contribution is 5.43. The number of hydrogen-bond donors (Lipinski definition) is 1. The topological polar surface area (TPSA) is 38.7 Å². The Morgan fingerprint density at radius 1 is 1.32 bits per heavy atom. The van der Waals surface area contributed by atoms with Crippen molar-refractivity contribution < 1.29 is 23.4 Å². The smallest absolute Gasteiger partial charge is 0.387 e. The van der Waals surface area contributed by atoms with Crippen molar-refractivity contribution in [3.63, 3.8) is 0 Å². The number of halogens is 2. The Labute approximate surface area is 111 Å². The van der Waals surface area contributed by atoms with Gasteiger partial charge in [0.15, 0.2) is 11.5 Å². The molecule has 2 rings (SSSR count). The van der Waals surface area contributed by atoms with Crippen molar-refractivity contribution in [3.8, 4) is 11.5 Å². The summed E-state index contributed by atoms with van der Waals surface area (Å²) < 4.78 is 33.9. The largest absolute Gasteiger partial charge is 0.493 e. The molecule has 0 aliphatic heterocycles. The molecule has 1 unspecified atom stereocenters. The summed E-state index contributed by atoms with van der Waals surface area (Å²) >= 11 is 0. The molecule has 1 N–H and O–H groups in total. The molecule has 1 atom stereocenters. The zero-order valence-electron chi connectivity index (χ0n) is 10.8. The van der Waals surface area contributed by atoms with E-state index in [1.807, 2.05) is 0 Å². The maximum atomic E-state index is 12.3. The molecule has 3 nitrogen and oxygen atoms in total. The van der Waals surface area contributed by atoms with Gasteiger partial charge in [-0.1, -0.05) is 18.9 Å². The van der Waals surface area contributed by atoms with Gasteiger partial charge in [-0.05, 0) is 36.5 Å². The van der Waals surface area contributed by atoms with Gasteiger partial charge >= 0.3 is 6.61 Å². The minimum Gasteiger partial charge on any atom is -0.493 e. The summed E-state index contributed by atoms with van der Waals surface area (Å²) in [5.74, 6) is 0.920. The van der Waals surface area contributed by atoms with Gasteiger partial charge in [0.1, 0.15) is 0 Å². The van der Waals surface area contributed by atoms with E-state index in [0.29, 0.717) is 12.0 Å². The monoisotopic (exact) mass is 272 g/mol. The minimum absolute atomic E-state index is 0.0412. The van der Waals surface area contributed by atoms with Crippen molar-refractivity contribution in [2.24, 2.45) is 5.92 Å². The lowest BCUT2D eigenvalue weighted by Crippen LogP contribution is -2.05. The van der Waals surface area contributed by atoms with Crippen molar-refractivity contribution in [3.05, 3.63) is 23.8 Å². The SMILES string of the molecule is COc1ccc(C(O)CCC2CC2)cc1OC(F)F. The average Bonchev–Trinajstić information content (AvgIpc) is 3.19. The maximum absolute atomic E-state index is 12.3. The van der Waals surface area contributed by atoms with Crippen molar-refractivity contribution in [2.45, 2.75) is 38.4 Å². The standard InChI is InChI=1S/C14H18F2O3/c1-18-12-7-5-10(8-13(12)19-14(15)16)11(17)6-4-9-2-3-9/h5,7-9,11,14,17H,2-4,6H2,1H3. The fourth-order valence-corrected chi connectivity index (χ4v) is 2.06. The fraction of sp³-hybridized carbons (Fsp3) is 0.571. The van der Waals surface area contributed by atoms with Crippen LogP contribution in [-0.4, -0.2) is 18.8 Å². The van der Waals surface area contributed by atoms with Gasteiger partial charge in [-0.15, -0.1) is 0 Å². The first-order chi connectivity index (χ1) is 9.10. The molecule has 0 saturated heterocycles. The van der Waals surface area contributed by atoms with Gasteiger partial charge in [-0.3, -0.25) is 0 Å². The normalized spacial score (nSPS) is 16.5. The van der Waals surface area contributed by atoms with Gasteiger partial charge in [0.05, 0.1) is 13.2 Å². The third-order valence-corrected chi connectivity index (χ3v) is 3.33. The molecular weight excluding hydrogens is 254 g/mol. The highest BCUT2D eigenvalue weighted by Gasteiger charge is 2.23. The van der Waals surface area contributed by atoms with E-state index in [4.69, 9.17) is 4.74 Å². The number of alkyl halides is 2. The van der Waals surface area contributed by atoms with Gasteiger partial charge < -0.3 is 14.6 Å². The van der Waals surface area contributed by atoms with E-state index in [9.17, 15) is 13.9 Å². The summed E-state index contributed by atoms with van der Waals surface area (Å²) in [6.45, 7) is -2.91. The molecular formula is C14H18F2O3. The molecule has 1 saturated carbocycles. The number of rotatable bonds is 7. The van der Waals surface area contributed by atoms with Crippen LogP contribution < -0.4 is 9.47 Å². The van der Waals surface area contributed by atoms with Crippen LogP contribution >= 0.6 is 0 Å². The van der Waals surface area contributed by atoms with Crippen molar-refractivity contribution in [1.29, 1.82) is 0 Å². The van der Waals surface area contributed by atoms with E-state index in [1.165, 1.54) is 32.1 Å². The zero-order chi connectivity index (χ0) is 13.8. The van der Waals surface area contributed by atoms with Crippen LogP contribution in [0.15, 0.2) is 18.2 Å². The molecule has 0 bridgehead atoms. The first-order valence-electron chi connectivity index (χ1n) is 6.41. The van der Waals surface area contributed by atoms with E-state index in [1.54, 1.807) is 6.07 Å². The predicted molar refractivity (Wildman–Crippen MR) is 66.5 cm³/mol. The summed E-state index contributed by atoms with van der Waals surface area (Å²) in [5, 5.41) is 10.0. The van der Waals surface area contributed by atoms with Crippen LogP contribution in [0.25, 0.3) is 0 Å². The molecule has 0 spiro atoms. The quantitative estimate of drug-likeness (QED) is 0.825. The lowest BCUT2D eigenvalue weighted by atomic mass is 10.0. The Kier molecular flexibility index (Phi) is 4.58. The highest BCUT2D eigenvalue weighted by atomic mass is 19.3. The van der Waals surface area contributed by atoms with Crippen molar-refractivity contribution >= 4 is 0 Å². The lowest BCUT2D eigenvalue weighted by molar-refractivity contribution is -0.0513. The Hall–Kier alpha value is -1.36. The lowest BCUT2D eigenvalue weighted by Gasteiger charge is -2.15. The molecule has 1 fully saturated rings. The van der Waals surface area contributed by atoms with Gasteiger partial charge in [-0.2, -0.15) is 8.78 Å². The predicted octanol–water partition coefficient (Wildman–Crippen LogP) is 3.52. The van der Waals surface area contributed by atoms with E-state index in [2.05, 4.69) is 4.74 Å². The number of ether oxygens (including phenoxy) is 2. The molecule has 1 aromatic carbocycles. The molecule has 1 aliphatic carbocycles. The first-order valence-corrected chi connectivity index (χ1v) is 6.41. The molecule has 19 heavy (non-hydrogen) atoms. The second-order valence-corrected chi connectivity index (χ2v) is 4.83. The molecule has 0 heterocycles. The number of aliphatic hydroxyl groups excluding tert-OH is 1. The Bertz CT molecular complexity index is 419. The first kappa shape index (κ1) is 14.1. The van der Waals surface area contributed by atoms with Gasteiger partial charge in [0, 0.05) is 0 Å². The molecule has 0 amide bonds. The number of methoxy groups -OCH3 is 1. The van der Waals surface area contributed by atoms with E-state index >= 15 is 0 Å². The van der Waals surface area contributed by atoms with E-state index < -0.39 is 12.7 Å². The van der Waals surface area contributed by atoms with Crippen molar-refractivity contribution in [2.75, 3.05) is 7.11 Å². The summed E-state index contributed by atoms with van der Waals surface area (Å²) in [6, 6.07) is 4.63. The molecule has 106 valence electrons. The molecule has 5 heteroatoms. The molecule has 0 radical (unpaired) electrons. The van der Waals surface area contributed by atoms with Crippen LogP contribution in [0.3, 0.4) is 0 Å².